The Morgan fingerprint density at radius 3 is 2.42 bits per heavy atom. The molecule has 0 aliphatic rings. The molecule has 0 aliphatic heterocycles. The number of hydrogen-bond acceptors (Lipinski definition) is 2. The van der Waals surface area contributed by atoms with Gasteiger partial charge in [-0.1, -0.05) is 0 Å². The van der Waals surface area contributed by atoms with Crippen molar-refractivity contribution in [2.75, 3.05) is 27.3 Å². The highest BCUT2D eigenvalue weighted by Crippen LogP contribution is 2.03. The highest BCUT2D eigenvalue weighted by molar-refractivity contribution is 6.20. The lowest BCUT2D eigenvalue weighted by Crippen LogP contribution is -2.34. The van der Waals surface area contributed by atoms with Gasteiger partial charge in [0, 0.05) is 18.5 Å². The molecule has 74 valence electrons. The van der Waals surface area contributed by atoms with Gasteiger partial charge < -0.3 is 9.64 Å². The molecule has 0 rings (SSSR count). The lowest BCUT2D eigenvalue weighted by molar-refractivity contribution is 0.115. The van der Waals surface area contributed by atoms with Crippen molar-refractivity contribution in [2.45, 2.75) is 31.7 Å². The van der Waals surface area contributed by atoms with Gasteiger partial charge in [0.05, 0.1) is 6.61 Å². The minimum atomic E-state index is 0.266. The third-order valence-corrected chi connectivity index (χ3v) is 2.26. The predicted octanol–water partition coefficient (Wildman–Crippen LogP) is 1.97. The average Bonchev–Trinajstić information content (AvgIpc) is 2.00. The van der Waals surface area contributed by atoms with Crippen LogP contribution >= 0.6 is 11.6 Å². The van der Waals surface area contributed by atoms with Gasteiger partial charge in [0.25, 0.3) is 0 Å². The van der Waals surface area contributed by atoms with E-state index in [0.717, 1.165) is 19.6 Å². The van der Waals surface area contributed by atoms with E-state index in [2.05, 4.69) is 18.9 Å². The van der Waals surface area contributed by atoms with E-state index in [9.17, 15) is 0 Å². The highest BCUT2D eigenvalue weighted by Gasteiger charge is 2.08. The smallest absolute Gasteiger partial charge is 0.0615 e. The molecule has 0 bridgehead atoms. The van der Waals surface area contributed by atoms with E-state index in [0.29, 0.717) is 6.04 Å². The first kappa shape index (κ1) is 12.2. The Labute approximate surface area is 80.8 Å². The Kier molecular flexibility index (Phi) is 6.81. The zero-order valence-corrected chi connectivity index (χ0v) is 9.27. The third kappa shape index (κ3) is 5.81. The number of hydrogen-bond donors (Lipinski definition) is 0. The molecular weight excluding hydrogens is 174 g/mol. The Balaban J connectivity index is 3.49. The molecule has 2 unspecified atom stereocenters. The van der Waals surface area contributed by atoms with Crippen LogP contribution in [0.25, 0.3) is 0 Å². The van der Waals surface area contributed by atoms with Crippen molar-refractivity contribution in [1.82, 2.24) is 4.90 Å². The standard InChI is InChI=1S/C9H20ClNO/c1-8(10)5-6-11(3)9(2)7-12-4/h8-9H,5-7H2,1-4H3. The van der Waals surface area contributed by atoms with E-state index in [1.165, 1.54) is 0 Å². The first-order valence-electron chi connectivity index (χ1n) is 4.41. The summed E-state index contributed by atoms with van der Waals surface area (Å²) in [5.41, 5.74) is 0. The Hall–Kier alpha value is 0.210. The molecule has 0 fully saturated rings. The van der Waals surface area contributed by atoms with Gasteiger partial charge in [0.1, 0.15) is 0 Å². The Morgan fingerprint density at radius 2 is 2.00 bits per heavy atom. The zero-order valence-electron chi connectivity index (χ0n) is 8.51. The van der Waals surface area contributed by atoms with Gasteiger partial charge in [-0.2, -0.15) is 0 Å². The summed E-state index contributed by atoms with van der Waals surface area (Å²) in [6.45, 7) is 6.00. The highest BCUT2D eigenvalue weighted by atomic mass is 35.5. The molecule has 3 heteroatoms. The SMILES string of the molecule is COCC(C)N(C)CCC(C)Cl. The summed E-state index contributed by atoms with van der Waals surface area (Å²) >= 11 is 5.85. The molecular formula is C9H20ClNO. The normalized spacial score (nSPS) is 16.5. The van der Waals surface area contributed by atoms with Gasteiger partial charge in [-0.25, -0.2) is 0 Å². The van der Waals surface area contributed by atoms with Crippen molar-refractivity contribution in [1.29, 1.82) is 0 Å². The lowest BCUT2D eigenvalue weighted by atomic mass is 10.2. The first-order chi connectivity index (χ1) is 5.57. The largest absolute Gasteiger partial charge is 0.383 e. The molecule has 0 saturated carbocycles. The van der Waals surface area contributed by atoms with Crippen molar-refractivity contribution in [2.24, 2.45) is 0 Å². The minimum Gasteiger partial charge on any atom is -0.383 e. The lowest BCUT2D eigenvalue weighted by Gasteiger charge is -2.24. The summed E-state index contributed by atoms with van der Waals surface area (Å²) in [5, 5.41) is 0.266. The molecule has 12 heavy (non-hydrogen) atoms. The van der Waals surface area contributed by atoms with E-state index in [4.69, 9.17) is 16.3 Å². The monoisotopic (exact) mass is 193 g/mol. The maximum atomic E-state index is 5.85. The van der Waals surface area contributed by atoms with E-state index < -0.39 is 0 Å². The molecule has 0 amide bonds. The summed E-state index contributed by atoms with van der Waals surface area (Å²) in [5.74, 6) is 0. The maximum absolute atomic E-state index is 5.85. The van der Waals surface area contributed by atoms with E-state index in [1.807, 2.05) is 6.92 Å². The second-order valence-corrected chi connectivity index (χ2v) is 4.10. The molecule has 0 saturated heterocycles. The summed E-state index contributed by atoms with van der Waals surface area (Å²) in [4.78, 5) is 2.27. The van der Waals surface area contributed by atoms with Gasteiger partial charge >= 0.3 is 0 Å². The van der Waals surface area contributed by atoms with Crippen molar-refractivity contribution < 1.29 is 4.74 Å². The van der Waals surface area contributed by atoms with Crippen LogP contribution in [-0.2, 0) is 4.74 Å². The van der Waals surface area contributed by atoms with Crippen LogP contribution in [0, 0.1) is 0 Å². The predicted molar refractivity (Wildman–Crippen MR) is 53.9 cm³/mol. The number of methoxy groups -OCH3 is 1. The molecule has 0 heterocycles. The molecule has 0 aromatic rings. The first-order valence-corrected chi connectivity index (χ1v) is 4.84. The van der Waals surface area contributed by atoms with Crippen LogP contribution in [0.15, 0.2) is 0 Å². The van der Waals surface area contributed by atoms with Crippen LogP contribution in [-0.4, -0.2) is 43.6 Å². The van der Waals surface area contributed by atoms with E-state index >= 15 is 0 Å². The summed E-state index contributed by atoms with van der Waals surface area (Å²) in [6.07, 6.45) is 1.03. The molecule has 0 N–H and O–H groups in total. The number of ether oxygens (including phenoxy) is 1. The quantitative estimate of drug-likeness (QED) is 0.599. The minimum absolute atomic E-state index is 0.266. The maximum Gasteiger partial charge on any atom is 0.0615 e. The average molecular weight is 194 g/mol. The van der Waals surface area contributed by atoms with Crippen LogP contribution in [0.4, 0.5) is 0 Å². The second kappa shape index (κ2) is 6.70. The fourth-order valence-electron chi connectivity index (χ4n) is 0.970. The van der Waals surface area contributed by atoms with Crippen molar-refractivity contribution in [3.63, 3.8) is 0 Å². The molecule has 0 aromatic carbocycles. The molecule has 0 aliphatic carbocycles. The molecule has 2 nitrogen and oxygen atoms in total. The zero-order chi connectivity index (χ0) is 9.56. The molecule has 0 spiro atoms. The van der Waals surface area contributed by atoms with Gasteiger partial charge in [-0.15, -0.1) is 11.6 Å². The third-order valence-electron chi connectivity index (χ3n) is 2.04. The van der Waals surface area contributed by atoms with Gasteiger partial charge in [-0.3, -0.25) is 0 Å². The van der Waals surface area contributed by atoms with Crippen LogP contribution < -0.4 is 0 Å². The fourth-order valence-corrected chi connectivity index (χ4v) is 1.07. The van der Waals surface area contributed by atoms with Crippen LogP contribution in [0.1, 0.15) is 20.3 Å². The van der Waals surface area contributed by atoms with Crippen LogP contribution in [0.5, 0.6) is 0 Å². The number of halogens is 1. The topological polar surface area (TPSA) is 12.5 Å². The molecule has 2 atom stereocenters. The number of alkyl halides is 1. The number of nitrogens with zero attached hydrogens (tertiary/aromatic N) is 1. The van der Waals surface area contributed by atoms with Crippen LogP contribution in [0.2, 0.25) is 0 Å². The van der Waals surface area contributed by atoms with E-state index in [1.54, 1.807) is 7.11 Å². The van der Waals surface area contributed by atoms with Gasteiger partial charge in [0.2, 0.25) is 0 Å². The van der Waals surface area contributed by atoms with Crippen molar-refractivity contribution >= 4 is 11.6 Å². The van der Waals surface area contributed by atoms with Gasteiger partial charge in [-0.05, 0) is 33.9 Å². The number of likely N-dealkylation sites (N-methyl/N-ethyl adjacent to an activating group) is 1. The summed E-state index contributed by atoms with van der Waals surface area (Å²) in [7, 11) is 3.83. The fraction of sp³-hybridized carbons (Fsp3) is 1.00. The Bertz CT molecular complexity index is 109. The van der Waals surface area contributed by atoms with Crippen LogP contribution in [0.3, 0.4) is 0 Å². The molecule has 0 aromatic heterocycles. The van der Waals surface area contributed by atoms with Crippen molar-refractivity contribution in [3.05, 3.63) is 0 Å². The molecule has 0 radical (unpaired) electrons. The van der Waals surface area contributed by atoms with Gasteiger partial charge in [0.15, 0.2) is 0 Å². The summed E-state index contributed by atoms with van der Waals surface area (Å²) < 4.78 is 5.06. The van der Waals surface area contributed by atoms with E-state index in [-0.39, 0.29) is 5.38 Å². The summed E-state index contributed by atoms with van der Waals surface area (Å²) in [6, 6.07) is 0.477. The van der Waals surface area contributed by atoms with Crippen molar-refractivity contribution in [3.8, 4) is 0 Å². The number of rotatable bonds is 6. The Morgan fingerprint density at radius 1 is 1.42 bits per heavy atom. The second-order valence-electron chi connectivity index (χ2n) is 3.35.